The van der Waals surface area contributed by atoms with Gasteiger partial charge in [-0.1, -0.05) is 26.7 Å². The first kappa shape index (κ1) is 14.5. The summed E-state index contributed by atoms with van der Waals surface area (Å²) in [5, 5.41) is 9.05. The lowest BCUT2D eigenvalue weighted by Gasteiger charge is -2.37. The molecule has 0 heterocycles. The van der Waals surface area contributed by atoms with Crippen LogP contribution in [0.5, 0.6) is 0 Å². The molecule has 0 aromatic heterocycles. The standard InChI is InChI=1S/C14H27NO2/c1-10(2)8-12-6-5-7-13(9-12)15(4)11(3)14(16)17/h10-13H,5-9H2,1-4H3,(H,16,17). The van der Waals surface area contributed by atoms with E-state index in [1.807, 2.05) is 7.05 Å². The molecule has 17 heavy (non-hydrogen) atoms. The van der Waals surface area contributed by atoms with Crippen LogP contribution >= 0.6 is 0 Å². The Kier molecular flexibility index (Phi) is 5.44. The van der Waals surface area contributed by atoms with Gasteiger partial charge in [0.15, 0.2) is 0 Å². The molecule has 100 valence electrons. The highest BCUT2D eigenvalue weighted by Gasteiger charge is 2.29. The molecule has 1 rings (SSSR count). The van der Waals surface area contributed by atoms with Crippen molar-refractivity contribution in [2.75, 3.05) is 7.05 Å². The molecule has 0 spiro atoms. The van der Waals surface area contributed by atoms with Crippen molar-refractivity contribution >= 4 is 5.97 Å². The molecule has 0 amide bonds. The number of likely N-dealkylation sites (N-methyl/N-ethyl adjacent to an activating group) is 1. The van der Waals surface area contributed by atoms with Gasteiger partial charge in [0, 0.05) is 6.04 Å². The number of hydrogen-bond donors (Lipinski definition) is 1. The molecule has 1 fully saturated rings. The molecule has 1 saturated carbocycles. The number of aliphatic carboxylic acids is 1. The molecule has 3 heteroatoms. The van der Waals surface area contributed by atoms with E-state index in [9.17, 15) is 4.79 Å². The Morgan fingerprint density at radius 1 is 1.35 bits per heavy atom. The quantitative estimate of drug-likeness (QED) is 0.804. The molecule has 0 radical (unpaired) electrons. The molecule has 1 aliphatic carbocycles. The highest BCUT2D eigenvalue weighted by molar-refractivity contribution is 5.72. The minimum atomic E-state index is -0.710. The van der Waals surface area contributed by atoms with Crippen LogP contribution in [-0.4, -0.2) is 35.1 Å². The van der Waals surface area contributed by atoms with Crippen LogP contribution in [0.4, 0.5) is 0 Å². The van der Waals surface area contributed by atoms with Gasteiger partial charge < -0.3 is 5.11 Å². The molecule has 3 unspecified atom stereocenters. The van der Waals surface area contributed by atoms with E-state index >= 15 is 0 Å². The summed E-state index contributed by atoms with van der Waals surface area (Å²) in [6.45, 7) is 6.33. The van der Waals surface area contributed by atoms with E-state index in [1.165, 1.54) is 25.7 Å². The Labute approximate surface area is 105 Å². The zero-order valence-corrected chi connectivity index (χ0v) is 11.6. The molecule has 3 nitrogen and oxygen atoms in total. The average Bonchev–Trinajstić information content (AvgIpc) is 2.26. The molecule has 3 atom stereocenters. The third-order valence-corrected chi connectivity index (χ3v) is 4.10. The second-order valence-electron chi connectivity index (χ2n) is 6.00. The van der Waals surface area contributed by atoms with Crippen molar-refractivity contribution in [3.8, 4) is 0 Å². The van der Waals surface area contributed by atoms with E-state index in [2.05, 4.69) is 18.7 Å². The summed E-state index contributed by atoms with van der Waals surface area (Å²) < 4.78 is 0. The van der Waals surface area contributed by atoms with Crippen LogP contribution in [0, 0.1) is 11.8 Å². The molecular weight excluding hydrogens is 214 g/mol. The summed E-state index contributed by atoms with van der Waals surface area (Å²) in [5.41, 5.74) is 0. The Balaban J connectivity index is 2.51. The predicted molar refractivity (Wildman–Crippen MR) is 70.1 cm³/mol. The van der Waals surface area contributed by atoms with Crippen LogP contribution in [0.15, 0.2) is 0 Å². The van der Waals surface area contributed by atoms with Gasteiger partial charge in [-0.05, 0) is 45.1 Å². The Hall–Kier alpha value is -0.570. The molecule has 1 N–H and O–H groups in total. The van der Waals surface area contributed by atoms with Crippen molar-refractivity contribution in [3.63, 3.8) is 0 Å². The van der Waals surface area contributed by atoms with Crippen LogP contribution in [0.25, 0.3) is 0 Å². The van der Waals surface area contributed by atoms with Crippen LogP contribution in [0.2, 0.25) is 0 Å². The number of hydrogen-bond acceptors (Lipinski definition) is 2. The maximum atomic E-state index is 11.0. The van der Waals surface area contributed by atoms with Crippen molar-refractivity contribution in [2.24, 2.45) is 11.8 Å². The Morgan fingerprint density at radius 2 is 2.00 bits per heavy atom. The largest absolute Gasteiger partial charge is 0.480 e. The molecule has 0 saturated heterocycles. The van der Waals surface area contributed by atoms with Gasteiger partial charge in [-0.25, -0.2) is 0 Å². The van der Waals surface area contributed by atoms with Gasteiger partial charge in [0.1, 0.15) is 6.04 Å². The number of carboxylic acid groups (broad SMARTS) is 1. The summed E-state index contributed by atoms with van der Waals surface area (Å²) in [5.74, 6) is 0.830. The van der Waals surface area contributed by atoms with Gasteiger partial charge in [-0.2, -0.15) is 0 Å². The lowest BCUT2D eigenvalue weighted by molar-refractivity contribution is -0.143. The van der Waals surface area contributed by atoms with Gasteiger partial charge in [-0.15, -0.1) is 0 Å². The van der Waals surface area contributed by atoms with Crippen LogP contribution < -0.4 is 0 Å². The third kappa shape index (κ3) is 4.30. The van der Waals surface area contributed by atoms with Crippen LogP contribution in [-0.2, 0) is 4.79 Å². The first-order chi connectivity index (χ1) is 7.91. The fraction of sp³-hybridized carbons (Fsp3) is 0.929. The number of nitrogens with zero attached hydrogens (tertiary/aromatic N) is 1. The smallest absolute Gasteiger partial charge is 0.320 e. The summed E-state index contributed by atoms with van der Waals surface area (Å²) in [6, 6.07) is 0.0939. The molecule has 0 aromatic carbocycles. The van der Waals surface area contributed by atoms with Gasteiger partial charge in [-0.3, -0.25) is 9.69 Å². The predicted octanol–water partition coefficient (Wildman–Crippen LogP) is 3.00. The van der Waals surface area contributed by atoms with E-state index in [4.69, 9.17) is 5.11 Å². The summed E-state index contributed by atoms with van der Waals surface area (Å²) >= 11 is 0. The Morgan fingerprint density at radius 3 is 2.53 bits per heavy atom. The second kappa shape index (κ2) is 6.39. The summed E-state index contributed by atoms with van der Waals surface area (Å²) in [7, 11) is 1.96. The van der Waals surface area contributed by atoms with Gasteiger partial charge in [0.05, 0.1) is 0 Å². The lowest BCUT2D eigenvalue weighted by Crippen LogP contribution is -2.45. The minimum absolute atomic E-state index is 0.363. The van der Waals surface area contributed by atoms with Crippen molar-refractivity contribution in [3.05, 3.63) is 0 Å². The molecular formula is C14H27NO2. The summed E-state index contributed by atoms with van der Waals surface area (Å²) in [6.07, 6.45) is 6.18. The normalized spacial score (nSPS) is 27.4. The zero-order valence-electron chi connectivity index (χ0n) is 11.6. The van der Waals surface area contributed by atoms with Gasteiger partial charge in [0.25, 0.3) is 0 Å². The van der Waals surface area contributed by atoms with Crippen molar-refractivity contribution in [1.29, 1.82) is 0 Å². The maximum Gasteiger partial charge on any atom is 0.320 e. The van der Waals surface area contributed by atoms with Crippen LogP contribution in [0.1, 0.15) is 52.9 Å². The third-order valence-electron chi connectivity index (χ3n) is 4.10. The fourth-order valence-corrected chi connectivity index (χ4v) is 3.00. The van der Waals surface area contributed by atoms with Crippen molar-refractivity contribution in [1.82, 2.24) is 4.90 Å². The lowest BCUT2D eigenvalue weighted by atomic mass is 9.80. The Bertz CT molecular complexity index is 253. The van der Waals surface area contributed by atoms with E-state index in [-0.39, 0.29) is 6.04 Å². The fourth-order valence-electron chi connectivity index (χ4n) is 3.00. The molecule has 0 aliphatic heterocycles. The first-order valence-electron chi connectivity index (χ1n) is 6.86. The number of rotatable bonds is 5. The minimum Gasteiger partial charge on any atom is -0.480 e. The maximum absolute atomic E-state index is 11.0. The monoisotopic (exact) mass is 241 g/mol. The average molecular weight is 241 g/mol. The highest BCUT2D eigenvalue weighted by atomic mass is 16.4. The van der Waals surface area contributed by atoms with E-state index in [0.29, 0.717) is 6.04 Å². The van der Waals surface area contributed by atoms with Gasteiger partial charge >= 0.3 is 5.97 Å². The second-order valence-corrected chi connectivity index (χ2v) is 6.00. The first-order valence-corrected chi connectivity index (χ1v) is 6.86. The highest BCUT2D eigenvalue weighted by Crippen LogP contribution is 2.32. The molecule has 0 bridgehead atoms. The van der Waals surface area contributed by atoms with E-state index < -0.39 is 5.97 Å². The molecule has 1 aliphatic rings. The van der Waals surface area contributed by atoms with E-state index in [1.54, 1.807) is 6.92 Å². The summed E-state index contributed by atoms with van der Waals surface area (Å²) in [4.78, 5) is 13.1. The van der Waals surface area contributed by atoms with Crippen LogP contribution in [0.3, 0.4) is 0 Å². The number of carbonyl (C=O) groups is 1. The number of carboxylic acids is 1. The van der Waals surface area contributed by atoms with E-state index in [0.717, 1.165) is 18.3 Å². The topological polar surface area (TPSA) is 40.5 Å². The van der Waals surface area contributed by atoms with Crippen molar-refractivity contribution in [2.45, 2.75) is 65.0 Å². The zero-order chi connectivity index (χ0) is 13.0. The SMILES string of the molecule is CC(C)CC1CCCC(N(C)C(C)C(=O)O)C1. The van der Waals surface area contributed by atoms with Gasteiger partial charge in [0.2, 0.25) is 0 Å². The molecule has 0 aromatic rings. The van der Waals surface area contributed by atoms with Crippen molar-refractivity contribution < 1.29 is 9.90 Å².